The number of hydrogen-bond donors (Lipinski definition) is 0. The summed E-state index contributed by atoms with van der Waals surface area (Å²) in [5.74, 6) is 1.81. The zero-order valence-electron chi connectivity index (χ0n) is 15.7. The highest BCUT2D eigenvalue weighted by atomic mass is 16.5. The first kappa shape index (κ1) is 18.1. The first-order chi connectivity index (χ1) is 13.2. The number of likely N-dealkylation sites (N-methyl/N-ethyl adjacent to an activating group) is 1. The van der Waals surface area contributed by atoms with Crippen molar-refractivity contribution in [3.05, 3.63) is 47.6 Å². The Morgan fingerprint density at radius 2 is 1.96 bits per heavy atom. The number of aromatic nitrogens is 2. The van der Waals surface area contributed by atoms with Crippen molar-refractivity contribution >= 4 is 5.91 Å². The first-order valence-corrected chi connectivity index (χ1v) is 9.64. The normalized spacial score (nSPS) is 21.3. The van der Waals surface area contributed by atoms with E-state index in [0.717, 1.165) is 44.6 Å². The van der Waals surface area contributed by atoms with Crippen LogP contribution in [0.5, 0.6) is 0 Å². The molecule has 1 unspecified atom stereocenters. The summed E-state index contributed by atoms with van der Waals surface area (Å²) in [6.45, 7) is 3.46. The average Bonchev–Trinajstić information content (AvgIpc) is 3.31. The number of rotatable bonds is 6. The third kappa shape index (κ3) is 4.20. The van der Waals surface area contributed by atoms with Gasteiger partial charge in [-0.25, -0.2) is 0 Å². The molecule has 1 aromatic heterocycles. The van der Waals surface area contributed by atoms with Gasteiger partial charge in [0.25, 0.3) is 0 Å². The number of carbonyl (C=O) groups is 1. The molecule has 4 rings (SSSR count). The lowest BCUT2D eigenvalue weighted by Crippen LogP contribution is -2.39. The molecule has 0 saturated carbocycles. The fourth-order valence-corrected chi connectivity index (χ4v) is 3.87. The standard InChI is InChI=1S/C20H26N4O3/c1-23(14-18-21-19(27-22-18)16-8-11-26-12-9-16)17-7-10-24(20(17)25)13-15-5-3-2-4-6-15/h2-6,16-17H,7-14H2,1H3. The fraction of sp³-hybridized carbons (Fsp3) is 0.550. The third-order valence-electron chi connectivity index (χ3n) is 5.46. The van der Waals surface area contributed by atoms with Crippen molar-refractivity contribution in [1.82, 2.24) is 19.9 Å². The molecule has 27 heavy (non-hydrogen) atoms. The minimum atomic E-state index is -0.126. The summed E-state index contributed by atoms with van der Waals surface area (Å²) >= 11 is 0. The molecule has 0 N–H and O–H groups in total. The fourth-order valence-electron chi connectivity index (χ4n) is 3.87. The van der Waals surface area contributed by atoms with E-state index in [0.29, 0.717) is 30.7 Å². The Hall–Kier alpha value is -2.25. The van der Waals surface area contributed by atoms with Crippen molar-refractivity contribution in [2.75, 3.05) is 26.8 Å². The monoisotopic (exact) mass is 370 g/mol. The lowest BCUT2D eigenvalue weighted by atomic mass is 10.0. The van der Waals surface area contributed by atoms with E-state index in [1.165, 1.54) is 0 Å². The summed E-state index contributed by atoms with van der Waals surface area (Å²) in [5.41, 5.74) is 1.16. The molecule has 0 bridgehead atoms. The zero-order chi connectivity index (χ0) is 18.6. The van der Waals surface area contributed by atoms with Gasteiger partial charge in [-0.05, 0) is 31.9 Å². The van der Waals surface area contributed by atoms with E-state index in [9.17, 15) is 4.79 Å². The summed E-state index contributed by atoms with van der Waals surface area (Å²) in [5, 5.41) is 4.12. The summed E-state index contributed by atoms with van der Waals surface area (Å²) in [4.78, 5) is 21.3. The van der Waals surface area contributed by atoms with Crippen LogP contribution < -0.4 is 0 Å². The van der Waals surface area contributed by atoms with E-state index >= 15 is 0 Å². The van der Waals surface area contributed by atoms with E-state index in [1.807, 2.05) is 35.0 Å². The van der Waals surface area contributed by atoms with Crippen LogP contribution in [0.3, 0.4) is 0 Å². The molecule has 1 amide bonds. The molecule has 1 aromatic carbocycles. The van der Waals surface area contributed by atoms with Gasteiger partial charge >= 0.3 is 0 Å². The largest absolute Gasteiger partial charge is 0.381 e. The number of nitrogens with zero attached hydrogens (tertiary/aromatic N) is 4. The highest BCUT2D eigenvalue weighted by Gasteiger charge is 2.35. The smallest absolute Gasteiger partial charge is 0.240 e. The van der Waals surface area contributed by atoms with Crippen molar-refractivity contribution in [3.63, 3.8) is 0 Å². The quantitative estimate of drug-likeness (QED) is 0.776. The number of carbonyl (C=O) groups excluding carboxylic acids is 1. The minimum Gasteiger partial charge on any atom is -0.381 e. The molecule has 1 atom stereocenters. The molecular formula is C20H26N4O3. The van der Waals surface area contributed by atoms with Crippen molar-refractivity contribution in [1.29, 1.82) is 0 Å². The van der Waals surface area contributed by atoms with Crippen LogP contribution in [0.25, 0.3) is 0 Å². The Morgan fingerprint density at radius 1 is 1.19 bits per heavy atom. The molecule has 2 aliphatic heterocycles. The average molecular weight is 370 g/mol. The molecule has 2 saturated heterocycles. The zero-order valence-corrected chi connectivity index (χ0v) is 15.7. The van der Waals surface area contributed by atoms with Gasteiger partial charge in [0.05, 0.1) is 12.6 Å². The first-order valence-electron chi connectivity index (χ1n) is 9.64. The molecule has 144 valence electrons. The minimum absolute atomic E-state index is 0.126. The van der Waals surface area contributed by atoms with E-state index in [1.54, 1.807) is 0 Å². The lowest BCUT2D eigenvalue weighted by Gasteiger charge is -2.22. The van der Waals surface area contributed by atoms with E-state index in [-0.39, 0.29) is 11.9 Å². The molecule has 2 fully saturated rings. The Balaban J connectivity index is 1.34. The van der Waals surface area contributed by atoms with Crippen molar-refractivity contribution in [2.45, 2.75) is 44.3 Å². The number of likely N-dealkylation sites (tertiary alicyclic amines) is 1. The molecule has 0 aliphatic carbocycles. The second-order valence-electron chi connectivity index (χ2n) is 7.40. The number of amides is 1. The van der Waals surface area contributed by atoms with Gasteiger partial charge < -0.3 is 14.2 Å². The maximum Gasteiger partial charge on any atom is 0.240 e. The Morgan fingerprint density at radius 3 is 2.74 bits per heavy atom. The van der Waals surface area contributed by atoms with E-state index in [2.05, 4.69) is 22.3 Å². The molecule has 7 nitrogen and oxygen atoms in total. The third-order valence-corrected chi connectivity index (χ3v) is 5.46. The van der Waals surface area contributed by atoms with Crippen LogP contribution in [0, 0.1) is 0 Å². The highest BCUT2D eigenvalue weighted by molar-refractivity contribution is 5.83. The van der Waals surface area contributed by atoms with Crippen LogP contribution in [0.2, 0.25) is 0 Å². The van der Waals surface area contributed by atoms with Gasteiger partial charge in [-0.1, -0.05) is 35.5 Å². The topological polar surface area (TPSA) is 71.7 Å². The molecule has 3 heterocycles. The van der Waals surface area contributed by atoms with Crippen molar-refractivity contribution in [3.8, 4) is 0 Å². The van der Waals surface area contributed by atoms with Gasteiger partial charge in [0.1, 0.15) is 0 Å². The molecule has 7 heteroatoms. The van der Waals surface area contributed by atoms with Gasteiger partial charge in [0, 0.05) is 32.2 Å². The van der Waals surface area contributed by atoms with Gasteiger partial charge in [-0.2, -0.15) is 4.98 Å². The molecule has 0 spiro atoms. The lowest BCUT2D eigenvalue weighted by molar-refractivity contribution is -0.132. The predicted molar refractivity (Wildman–Crippen MR) is 98.8 cm³/mol. The Labute approximate surface area is 159 Å². The van der Waals surface area contributed by atoms with E-state index in [4.69, 9.17) is 9.26 Å². The molecule has 0 radical (unpaired) electrons. The van der Waals surface area contributed by atoms with Crippen molar-refractivity contribution in [2.24, 2.45) is 0 Å². The van der Waals surface area contributed by atoms with Crippen LogP contribution in [-0.4, -0.2) is 58.7 Å². The van der Waals surface area contributed by atoms with Gasteiger partial charge in [-0.3, -0.25) is 9.69 Å². The molecular weight excluding hydrogens is 344 g/mol. The van der Waals surface area contributed by atoms with Crippen LogP contribution >= 0.6 is 0 Å². The second kappa shape index (κ2) is 8.19. The second-order valence-corrected chi connectivity index (χ2v) is 7.40. The van der Waals surface area contributed by atoms with Gasteiger partial charge in [-0.15, -0.1) is 0 Å². The molecule has 2 aliphatic rings. The number of benzene rings is 1. The predicted octanol–water partition coefficient (Wildman–Crippen LogP) is 2.20. The SMILES string of the molecule is CN(Cc1noc(C2CCOCC2)n1)C1CCN(Cc2ccccc2)C1=O. The summed E-state index contributed by atoms with van der Waals surface area (Å²) in [7, 11) is 1.96. The Bertz CT molecular complexity index is 758. The highest BCUT2D eigenvalue weighted by Crippen LogP contribution is 2.26. The maximum absolute atomic E-state index is 12.8. The summed E-state index contributed by atoms with van der Waals surface area (Å²) in [6.07, 6.45) is 2.67. The van der Waals surface area contributed by atoms with Crippen molar-refractivity contribution < 1.29 is 14.1 Å². The number of hydrogen-bond acceptors (Lipinski definition) is 6. The van der Waals surface area contributed by atoms with Crippen LogP contribution in [-0.2, 0) is 22.6 Å². The van der Waals surface area contributed by atoms with Gasteiger partial charge in [0.15, 0.2) is 5.82 Å². The van der Waals surface area contributed by atoms with Crippen LogP contribution in [0.15, 0.2) is 34.9 Å². The Kier molecular flexibility index (Phi) is 5.50. The van der Waals surface area contributed by atoms with Gasteiger partial charge in [0.2, 0.25) is 11.8 Å². The van der Waals surface area contributed by atoms with Crippen LogP contribution in [0.4, 0.5) is 0 Å². The maximum atomic E-state index is 12.8. The number of ether oxygens (including phenoxy) is 1. The molecule has 2 aromatic rings. The summed E-state index contributed by atoms with van der Waals surface area (Å²) < 4.78 is 10.8. The summed E-state index contributed by atoms with van der Waals surface area (Å²) in [6, 6.07) is 9.99. The van der Waals surface area contributed by atoms with Crippen LogP contribution in [0.1, 0.15) is 42.5 Å². The van der Waals surface area contributed by atoms with E-state index < -0.39 is 0 Å².